The van der Waals surface area contributed by atoms with Crippen LogP contribution in [0.4, 0.5) is 0 Å². The summed E-state index contributed by atoms with van der Waals surface area (Å²) in [6.45, 7) is 0. The van der Waals surface area contributed by atoms with Gasteiger partial charge in [-0.2, -0.15) is 0 Å². The maximum absolute atomic E-state index is 11.7. The van der Waals surface area contributed by atoms with E-state index >= 15 is 0 Å². The lowest BCUT2D eigenvalue weighted by molar-refractivity contribution is 0.0694. The largest absolute Gasteiger partial charge is 0.506 e. The topological polar surface area (TPSA) is 57.5 Å². The van der Waals surface area contributed by atoms with E-state index in [0.717, 1.165) is 29.2 Å². The van der Waals surface area contributed by atoms with E-state index in [1.807, 2.05) is 0 Å². The number of fused-ring (bicyclic) bond motifs is 1. The van der Waals surface area contributed by atoms with Crippen molar-refractivity contribution in [1.82, 2.24) is 0 Å². The van der Waals surface area contributed by atoms with E-state index in [-0.39, 0.29) is 11.3 Å². The number of hydrogen-bond donors (Lipinski definition) is 2. The molecule has 2 aliphatic rings. The first-order valence-corrected chi connectivity index (χ1v) is 10.2. The quantitative estimate of drug-likeness (QED) is 0.677. The van der Waals surface area contributed by atoms with E-state index in [1.54, 1.807) is 6.07 Å². The molecule has 2 N–H and O–H groups in total. The Bertz CT molecular complexity index is 812. The molecule has 26 heavy (non-hydrogen) atoms. The monoisotopic (exact) mass is 352 g/mol. The average Bonchev–Trinajstić information content (AvgIpc) is 2.69. The van der Waals surface area contributed by atoms with E-state index in [4.69, 9.17) is 0 Å². The lowest BCUT2D eigenvalue weighted by Crippen LogP contribution is -2.08. The van der Waals surface area contributed by atoms with Crippen molar-refractivity contribution in [3.63, 3.8) is 0 Å². The van der Waals surface area contributed by atoms with Gasteiger partial charge in [-0.25, -0.2) is 4.79 Å². The highest BCUT2D eigenvalue weighted by atomic mass is 16.4. The molecule has 2 fully saturated rings. The number of aromatic carboxylic acids is 1. The van der Waals surface area contributed by atoms with Crippen molar-refractivity contribution >= 4 is 16.7 Å². The van der Waals surface area contributed by atoms with Crippen molar-refractivity contribution in [2.75, 3.05) is 0 Å². The summed E-state index contributed by atoms with van der Waals surface area (Å²) in [5.41, 5.74) is 2.42. The Hall–Kier alpha value is -2.03. The molecule has 0 unspecified atom stereocenters. The third-order valence-corrected chi connectivity index (χ3v) is 6.52. The van der Waals surface area contributed by atoms with Gasteiger partial charge in [-0.05, 0) is 66.2 Å². The van der Waals surface area contributed by atoms with Crippen LogP contribution in [0, 0.1) is 0 Å². The maximum atomic E-state index is 11.7. The van der Waals surface area contributed by atoms with Gasteiger partial charge >= 0.3 is 5.97 Å². The molecule has 3 nitrogen and oxygen atoms in total. The van der Waals surface area contributed by atoms with Gasteiger partial charge in [-0.15, -0.1) is 0 Å². The molecule has 0 heterocycles. The molecule has 0 amide bonds. The second kappa shape index (κ2) is 7.30. The van der Waals surface area contributed by atoms with Gasteiger partial charge in [0.15, 0.2) is 0 Å². The molecule has 2 aromatic rings. The van der Waals surface area contributed by atoms with E-state index in [1.165, 1.54) is 56.9 Å². The summed E-state index contributed by atoms with van der Waals surface area (Å²) in [6, 6.07) is 8.15. The molecule has 2 aliphatic carbocycles. The SMILES string of the molecule is O=C(O)c1cc(C2CCCCC2)c2ccc(C3CCCCC3)cc2c1O. The first kappa shape index (κ1) is 17.4. The first-order valence-electron chi connectivity index (χ1n) is 10.2. The van der Waals surface area contributed by atoms with Crippen LogP contribution in [0.5, 0.6) is 5.75 Å². The Balaban J connectivity index is 1.85. The van der Waals surface area contributed by atoms with Crippen molar-refractivity contribution in [2.24, 2.45) is 0 Å². The smallest absolute Gasteiger partial charge is 0.339 e. The number of carboxylic acid groups (broad SMARTS) is 1. The predicted octanol–water partition coefficient (Wildman–Crippen LogP) is 6.34. The molecule has 4 rings (SSSR count). The van der Waals surface area contributed by atoms with Gasteiger partial charge in [0.05, 0.1) is 0 Å². The summed E-state index contributed by atoms with van der Waals surface area (Å²) in [4.78, 5) is 11.7. The van der Waals surface area contributed by atoms with Gasteiger partial charge in [0.1, 0.15) is 11.3 Å². The summed E-state index contributed by atoms with van der Waals surface area (Å²) >= 11 is 0. The second-order valence-corrected chi connectivity index (χ2v) is 8.14. The molecule has 0 radical (unpaired) electrons. The summed E-state index contributed by atoms with van der Waals surface area (Å²) in [6.07, 6.45) is 12.1. The Morgan fingerprint density at radius 3 is 2.04 bits per heavy atom. The molecular formula is C23H28O3. The molecule has 3 heteroatoms. The van der Waals surface area contributed by atoms with Crippen LogP contribution >= 0.6 is 0 Å². The minimum absolute atomic E-state index is 0.0545. The summed E-state index contributed by atoms with van der Waals surface area (Å²) in [7, 11) is 0. The molecule has 2 aromatic carbocycles. The lowest BCUT2D eigenvalue weighted by atomic mass is 9.79. The average molecular weight is 352 g/mol. The molecule has 138 valence electrons. The van der Waals surface area contributed by atoms with Crippen LogP contribution in [0.3, 0.4) is 0 Å². The van der Waals surface area contributed by atoms with Gasteiger partial charge in [-0.1, -0.05) is 50.7 Å². The highest BCUT2D eigenvalue weighted by molar-refractivity contribution is 6.02. The normalized spacial score (nSPS) is 19.7. The molecule has 0 aromatic heterocycles. The van der Waals surface area contributed by atoms with Crippen LogP contribution in [-0.4, -0.2) is 16.2 Å². The fourth-order valence-electron chi connectivity index (χ4n) is 5.06. The Labute approximate surface area is 155 Å². The zero-order valence-corrected chi connectivity index (χ0v) is 15.3. The molecule has 0 bridgehead atoms. The van der Waals surface area contributed by atoms with Gasteiger partial charge in [0.2, 0.25) is 0 Å². The first-order chi connectivity index (χ1) is 12.6. The summed E-state index contributed by atoms with van der Waals surface area (Å²) in [5, 5.41) is 22.1. The van der Waals surface area contributed by atoms with Gasteiger partial charge in [0, 0.05) is 5.39 Å². The molecule has 0 spiro atoms. The van der Waals surface area contributed by atoms with Crippen molar-refractivity contribution in [1.29, 1.82) is 0 Å². The zero-order valence-electron chi connectivity index (χ0n) is 15.3. The van der Waals surface area contributed by atoms with E-state index in [0.29, 0.717) is 11.8 Å². The van der Waals surface area contributed by atoms with Crippen LogP contribution in [0.15, 0.2) is 24.3 Å². The van der Waals surface area contributed by atoms with E-state index in [2.05, 4.69) is 18.2 Å². The van der Waals surface area contributed by atoms with Gasteiger partial charge in [-0.3, -0.25) is 0 Å². The number of benzene rings is 2. The van der Waals surface area contributed by atoms with Crippen LogP contribution in [0.25, 0.3) is 10.8 Å². The maximum Gasteiger partial charge on any atom is 0.339 e. The van der Waals surface area contributed by atoms with Crippen LogP contribution in [0.1, 0.15) is 97.5 Å². The molecule has 2 saturated carbocycles. The summed E-state index contributed by atoms with van der Waals surface area (Å²) in [5.74, 6) is -0.154. The van der Waals surface area contributed by atoms with Crippen LogP contribution in [0.2, 0.25) is 0 Å². The highest BCUT2D eigenvalue weighted by Crippen LogP contribution is 2.42. The van der Waals surface area contributed by atoms with E-state index in [9.17, 15) is 15.0 Å². The van der Waals surface area contributed by atoms with Crippen molar-refractivity contribution < 1.29 is 15.0 Å². The number of phenols is 1. The lowest BCUT2D eigenvalue weighted by Gasteiger charge is -2.26. The van der Waals surface area contributed by atoms with Crippen LogP contribution in [-0.2, 0) is 0 Å². The number of carboxylic acids is 1. The second-order valence-electron chi connectivity index (χ2n) is 8.14. The van der Waals surface area contributed by atoms with Crippen molar-refractivity contribution in [3.8, 4) is 5.75 Å². The molecular weight excluding hydrogens is 324 g/mol. The molecule has 0 atom stereocenters. The highest BCUT2D eigenvalue weighted by Gasteiger charge is 2.24. The van der Waals surface area contributed by atoms with Gasteiger partial charge < -0.3 is 10.2 Å². The van der Waals surface area contributed by atoms with Gasteiger partial charge in [0.25, 0.3) is 0 Å². The fourth-order valence-corrected chi connectivity index (χ4v) is 5.06. The number of aromatic hydroxyl groups is 1. The number of hydrogen-bond acceptors (Lipinski definition) is 2. The third-order valence-electron chi connectivity index (χ3n) is 6.52. The Morgan fingerprint density at radius 2 is 1.42 bits per heavy atom. The van der Waals surface area contributed by atoms with E-state index < -0.39 is 5.97 Å². The molecule has 0 saturated heterocycles. The van der Waals surface area contributed by atoms with Crippen molar-refractivity contribution in [2.45, 2.75) is 76.0 Å². The van der Waals surface area contributed by atoms with Crippen molar-refractivity contribution in [3.05, 3.63) is 41.0 Å². The minimum atomic E-state index is -1.04. The Morgan fingerprint density at radius 1 is 0.808 bits per heavy atom. The standard InChI is InChI=1S/C23H28O3/c24-22-20-13-17(15-7-3-1-4-8-15)11-12-18(20)19(14-21(22)23(25)26)16-9-5-2-6-10-16/h11-16,24H,1-10H2,(H,25,26). The zero-order chi connectivity index (χ0) is 18.1. The number of rotatable bonds is 3. The summed E-state index contributed by atoms with van der Waals surface area (Å²) < 4.78 is 0. The fraction of sp³-hybridized carbons (Fsp3) is 0.522. The number of carbonyl (C=O) groups is 1. The predicted molar refractivity (Wildman–Crippen MR) is 104 cm³/mol. The van der Waals surface area contributed by atoms with Crippen LogP contribution < -0.4 is 0 Å². The third kappa shape index (κ3) is 3.20. The minimum Gasteiger partial charge on any atom is -0.506 e. The Kier molecular flexibility index (Phi) is 4.88. The molecule has 0 aliphatic heterocycles.